The number of anilines is 1. The molecule has 0 bridgehead atoms. The van der Waals surface area contributed by atoms with Crippen LogP contribution >= 0.6 is 27.5 Å². The van der Waals surface area contributed by atoms with E-state index in [1.54, 1.807) is 31.7 Å². The van der Waals surface area contributed by atoms with Crippen LogP contribution in [0, 0.1) is 6.92 Å². The second-order valence-corrected chi connectivity index (χ2v) is 7.06. The maximum atomic E-state index is 5.97. The van der Waals surface area contributed by atoms with Crippen molar-refractivity contribution in [3.05, 3.63) is 68.9 Å². The van der Waals surface area contributed by atoms with Gasteiger partial charge in [0.15, 0.2) is 0 Å². The minimum atomic E-state index is 0.331. The molecular formula is C19H18BrClN4O2. The molecule has 27 heavy (non-hydrogen) atoms. The second-order valence-electron chi connectivity index (χ2n) is 5.76. The number of halogens is 2. The summed E-state index contributed by atoms with van der Waals surface area (Å²) in [4.78, 5) is 4.12. The Kier molecular flexibility index (Phi) is 6.03. The smallest absolute Gasteiger partial charge is 0.221 e. The molecule has 0 aliphatic rings. The minimum Gasteiger partial charge on any atom is -0.496 e. The van der Waals surface area contributed by atoms with Crippen LogP contribution in [0.5, 0.6) is 11.5 Å². The first-order chi connectivity index (χ1) is 13.0. The summed E-state index contributed by atoms with van der Waals surface area (Å²) in [5.41, 5.74) is 8.38. The Labute approximate surface area is 170 Å². The zero-order valence-corrected chi connectivity index (χ0v) is 17.2. The molecule has 0 atom stereocenters. The van der Waals surface area contributed by atoms with E-state index in [0.29, 0.717) is 23.3 Å². The molecule has 2 N–H and O–H groups in total. The number of nitrogens with two attached hydrogens (primary N) is 1. The molecule has 0 amide bonds. The van der Waals surface area contributed by atoms with E-state index in [2.05, 4.69) is 26.0 Å². The molecule has 8 heteroatoms. The molecule has 3 aromatic rings. The van der Waals surface area contributed by atoms with Gasteiger partial charge in [-0.1, -0.05) is 11.6 Å². The van der Waals surface area contributed by atoms with Crippen LogP contribution in [0.3, 0.4) is 0 Å². The van der Waals surface area contributed by atoms with Crippen LogP contribution in [0.2, 0.25) is 5.02 Å². The summed E-state index contributed by atoms with van der Waals surface area (Å²) in [5, 5.41) is 4.97. The number of nitrogen functional groups attached to an aromatic ring is 1. The summed E-state index contributed by atoms with van der Waals surface area (Å²) in [6.07, 6.45) is 3.47. The lowest BCUT2D eigenvalue weighted by Crippen LogP contribution is -2.01. The quantitative estimate of drug-likeness (QED) is 0.555. The summed E-state index contributed by atoms with van der Waals surface area (Å²) in [6.45, 7) is 2.19. The molecule has 6 nitrogen and oxygen atoms in total. The van der Waals surface area contributed by atoms with E-state index in [1.165, 1.54) is 4.68 Å². The van der Waals surface area contributed by atoms with Crippen LogP contribution in [-0.2, 0) is 6.61 Å². The molecule has 0 radical (unpaired) electrons. The van der Waals surface area contributed by atoms with Gasteiger partial charge < -0.3 is 15.2 Å². The Morgan fingerprint density at radius 2 is 2.04 bits per heavy atom. The number of nitrogens with zero attached hydrogens (tertiary/aromatic N) is 3. The van der Waals surface area contributed by atoms with Crippen molar-refractivity contribution in [1.82, 2.24) is 9.66 Å². The van der Waals surface area contributed by atoms with Crippen molar-refractivity contribution < 1.29 is 9.47 Å². The molecule has 0 unspecified atom stereocenters. The number of rotatable bonds is 6. The van der Waals surface area contributed by atoms with E-state index in [-0.39, 0.29) is 0 Å². The Balaban J connectivity index is 1.79. The van der Waals surface area contributed by atoms with Crippen LogP contribution in [0.15, 0.2) is 52.2 Å². The largest absolute Gasteiger partial charge is 0.496 e. The highest BCUT2D eigenvalue weighted by Crippen LogP contribution is 2.29. The van der Waals surface area contributed by atoms with Gasteiger partial charge in [-0.15, -0.1) is 0 Å². The first kappa shape index (κ1) is 19.3. The number of imidazole rings is 1. The van der Waals surface area contributed by atoms with E-state index in [0.717, 1.165) is 27.0 Å². The Bertz CT molecular complexity index is 988. The summed E-state index contributed by atoms with van der Waals surface area (Å²) < 4.78 is 13.6. The molecule has 0 saturated heterocycles. The number of hydrogen-bond donors (Lipinski definition) is 1. The Hall–Kier alpha value is -2.51. The first-order valence-corrected chi connectivity index (χ1v) is 9.24. The van der Waals surface area contributed by atoms with Gasteiger partial charge in [-0.2, -0.15) is 5.10 Å². The lowest BCUT2D eigenvalue weighted by atomic mass is 10.1. The first-order valence-electron chi connectivity index (χ1n) is 8.07. The summed E-state index contributed by atoms with van der Waals surface area (Å²) in [6, 6.07) is 11.1. The standard InChI is InChI=1S/C19H18BrClN4O2/c1-12-10-25(19(22)24-12)23-9-13-3-5-17(26-2)14(7-13)11-27-18-6-4-15(21)8-16(18)20/h3-10H,11H2,1-2H3,(H2,22,24). The molecule has 0 saturated carbocycles. The van der Waals surface area contributed by atoms with Gasteiger partial charge in [0.1, 0.15) is 18.1 Å². The molecule has 0 fully saturated rings. The van der Waals surface area contributed by atoms with Gasteiger partial charge >= 0.3 is 0 Å². The predicted molar refractivity (Wildman–Crippen MR) is 111 cm³/mol. The Morgan fingerprint density at radius 1 is 1.26 bits per heavy atom. The molecule has 1 aromatic heterocycles. The van der Waals surface area contributed by atoms with Crippen molar-refractivity contribution in [2.75, 3.05) is 12.8 Å². The lowest BCUT2D eigenvalue weighted by molar-refractivity contribution is 0.295. The fourth-order valence-electron chi connectivity index (χ4n) is 2.46. The van der Waals surface area contributed by atoms with Crippen LogP contribution < -0.4 is 15.2 Å². The van der Waals surface area contributed by atoms with Crippen LogP contribution in [-0.4, -0.2) is 23.0 Å². The van der Waals surface area contributed by atoms with Crippen LogP contribution in [0.25, 0.3) is 0 Å². The van der Waals surface area contributed by atoms with E-state index >= 15 is 0 Å². The highest BCUT2D eigenvalue weighted by Gasteiger charge is 2.08. The van der Waals surface area contributed by atoms with Crippen molar-refractivity contribution in [2.45, 2.75) is 13.5 Å². The molecule has 3 rings (SSSR count). The van der Waals surface area contributed by atoms with Crippen molar-refractivity contribution >= 4 is 39.7 Å². The molecule has 0 spiro atoms. The number of benzene rings is 2. The number of hydrogen-bond acceptors (Lipinski definition) is 5. The number of aromatic nitrogens is 2. The molecular weight excluding hydrogens is 432 g/mol. The molecule has 140 valence electrons. The zero-order chi connectivity index (χ0) is 19.4. The van der Waals surface area contributed by atoms with Gasteiger partial charge in [0.25, 0.3) is 0 Å². The molecule has 1 heterocycles. The second kappa shape index (κ2) is 8.45. The summed E-state index contributed by atoms with van der Waals surface area (Å²) >= 11 is 9.41. The minimum absolute atomic E-state index is 0.331. The van der Waals surface area contributed by atoms with Crippen molar-refractivity contribution in [3.8, 4) is 11.5 Å². The SMILES string of the molecule is COc1ccc(C=Nn2cc(C)nc2N)cc1COc1ccc(Cl)cc1Br. The fourth-order valence-corrected chi connectivity index (χ4v) is 3.26. The van der Waals surface area contributed by atoms with Crippen molar-refractivity contribution in [3.63, 3.8) is 0 Å². The molecule has 0 aliphatic carbocycles. The maximum absolute atomic E-state index is 5.97. The number of methoxy groups -OCH3 is 1. The third kappa shape index (κ3) is 4.81. The topological polar surface area (TPSA) is 74.7 Å². The van der Waals surface area contributed by atoms with E-state index in [4.69, 9.17) is 26.8 Å². The number of ether oxygens (including phenoxy) is 2. The van der Waals surface area contributed by atoms with E-state index in [9.17, 15) is 0 Å². The third-order valence-electron chi connectivity index (χ3n) is 3.75. The van der Waals surface area contributed by atoms with Crippen LogP contribution in [0.4, 0.5) is 5.95 Å². The maximum Gasteiger partial charge on any atom is 0.221 e. The Morgan fingerprint density at radius 3 is 2.70 bits per heavy atom. The van der Waals surface area contributed by atoms with Gasteiger partial charge in [-0.25, -0.2) is 9.66 Å². The van der Waals surface area contributed by atoms with Crippen molar-refractivity contribution in [2.24, 2.45) is 5.10 Å². The van der Waals surface area contributed by atoms with Gasteiger partial charge in [-0.05, 0) is 64.8 Å². The zero-order valence-electron chi connectivity index (χ0n) is 14.8. The predicted octanol–water partition coefficient (Wildman–Crippen LogP) is 4.66. The molecule has 0 aliphatic heterocycles. The fraction of sp³-hybridized carbons (Fsp3) is 0.158. The highest BCUT2D eigenvalue weighted by atomic mass is 79.9. The summed E-state index contributed by atoms with van der Waals surface area (Å²) in [5.74, 6) is 1.77. The average Bonchev–Trinajstić information content (AvgIpc) is 2.96. The molecule has 2 aromatic carbocycles. The van der Waals surface area contributed by atoms with Gasteiger partial charge in [0, 0.05) is 10.6 Å². The van der Waals surface area contributed by atoms with Gasteiger partial charge in [0.05, 0.1) is 29.7 Å². The normalized spacial score (nSPS) is 11.1. The summed E-state index contributed by atoms with van der Waals surface area (Å²) in [7, 11) is 1.62. The highest BCUT2D eigenvalue weighted by molar-refractivity contribution is 9.10. The average molecular weight is 450 g/mol. The van der Waals surface area contributed by atoms with Gasteiger partial charge in [0.2, 0.25) is 5.95 Å². The van der Waals surface area contributed by atoms with E-state index < -0.39 is 0 Å². The van der Waals surface area contributed by atoms with Crippen molar-refractivity contribution in [1.29, 1.82) is 0 Å². The number of aryl methyl sites for hydroxylation is 1. The van der Waals surface area contributed by atoms with Gasteiger partial charge in [-0.3, -0.25) is 0 Å². The third-order valence-corrected chi connectivity index (χ3v) is 4.60. The van der Waals surface area contributed by atoms with Crippen LogP contribution in [0.1, 0.15) is 16.8 Å². The lowest BCUT2D eigenvalue weighted by Gasteiger charge is -2.12. The van der Waals surface area contributed by atoms with E-state index in [1.807, 2.05) is 31.2 Å². The monoisotopic (exact) mass is 448 g/mol.